The van der Waals surface area contributed by atoms with Gasteiger partial charge in [0.1, 0.15) is 11.2 Å². The third-order valence-corrected chi connectivity index (χ3v) is 5.77. The quantitative estimate of drug-likeness (QED) is 0.663. The number of nitrogens with one attached hydrogen (secondary N) is 1. The van der Waals surface area contributed by atoms with Crippen LogP contribution in [0.4, 0.5) is 0 Å². The standard InChI is InChI=1S/C24H28N4O2/c1-16(2)13-15-26-23(29)18-11-9-17(10-12-18)21-24(30)28(19-6-3-4-7-19)22-20(27-21)8-5-14-25-22/h5,8-12,14,16,19H,3-4,6-7,13,15H2,1-2H3,(H,26,29). The zero-order chi connectivity index (χ0) is 21.1. The van der Waals surface area contributed by atoms with Gasteiger partial charge in [-0.1, -0.05) is 38.8 Å². The van der Waals surface area contributed by atoms with Crippen LogP contribution in [-0.4, -0.2) is 27.0 Å². The minimum absolute atomic E-state index is 0.0961. The van der Waals surface area contributed by atoms with E-state index in [-0.39, 0.29) is 17.5 Å². The fraction of sp³-hybridized carbons (Fsp3) is 0.417. The van der Waals surface area contributed by atoms with Gasteiger partial charge < -0.3 is 5.32 Å². The maximum Gasteiger partial charge on any atom is 0.278 e. The first-order valence-corrected chi connectivity index (χ1v) is 10.8. The largest absolute Gasteiger partial charge is 0.352 e. The topological polar surface area (TPSA) is 76.9 Å². The summed E-state index contributed by atoms with van der Waals surface area (Å²) in [5.41, 5.74) is 2.97. The van der Waals surface area contributed by atoms with Gasteiger partial charge in [-0.05, 0) is 49.4 Å². The molecule has 4 rings (SSSR count). The van der Waals surface area contributed by atoms with E-state index in [1.54, 1.807) is 18.3 Å². The predicted molar refractivity (Wildman–Crippen MR) is 119 cm³/mol. The van der Waals surface area contributed by atoms with E-state index in [0.717, 1.165) is 43.2 Å². The summed E-state index contributed by atoms with van der Waals surface area (Å²) < 4.78 is 1.83. The summed E-state index contributed by atoms with van der Waals surface area (Å²) in [4.78, 5) is 34.8. The second kappa shape index (κ2) is 8.78. The molecule has 0 spiro atoms. The highest BCUT2D eigenvalue weighted by atomic mass is 16.1. The zero-order valence-corrected chi connectivity index (χ0v) is 17.6. The van der Waals surface area contributed by atoms with E-state index in [2.05, 4.69) is 29.1 Å². The molecule has 1 amide bonds. The fourth-order valence-corrected chi connectivity index (χ4v) is 4.09. The number of nitrogens with zero attached hydrogens (tertiary/aromatic N) is 3. The summed E-state index contributed by atoms with van der Waals surface area (Å²) in [6, 6.07) is 11.0. The minimum Gasteiger partial charge on any atom is -0.352 e. The van der Waals surface area contributed by atoms with E-state index >= 15 is 0 Å². The van der Waals surface area contributed by atoms with Crippen LogP contribution in [0.25, 0.3) is 22.4 Å². The van der Waals surface area contributed by atoms with Gasteiger partial charge in [-0.2, -0.15) is 0 Å². The monoisotopic (exact) mass is 404 g/mol. The van der Waals surface area contributed by atoms with Crippen molar-refractivity contribution in [1.29, 1.82) is 0 Å². The Morgan fingerprint density at radius 3 is 2.60 bits per heavy atom. The van der Waals surface area contributed by atoms with Gasteiger partial charge in [-0.3, -0.25) is 14.2 Å². The van der Waals surface area contributed by atoms with Crippen LogP contribution >= 0.6 is 0 Å². The van der Waals surface area contributed by atoms with Crippen molar-refractivity contribution in [2.24, 2.45) is 5.92 Å². The molecule has 0 unspecified atom stereocenters. The van der Waals surface area contributed by atoms with Gasteiger partial charge in [0, 0.05) is 29.9 Å². The lowest BCUT2D eigenvalue weighted by Gasteiger charge is -2.17. The summed E-state index contributed by atoms with van der Waals surface area (Å²) in [6.07, 6.45) is 6.89. The molecule has 156 valence electrons. The van der Waals surface area contributed by atoms with Crippen molar-refractivity contribution in [3.63, 3.8) is 0 Å². The number of carbonyl (C=O) groups is 1. The highest BCUT2D eigenvalue weighted by Gasteiger charge is 2.23. The molecule has 1 aliphatic carbocycles. The highest BCUT2D eigenvalue weighted by molar-refractivity contribution is 5.94. The number of rotatable bonds is 6. The Kier molecular flexibility index (Phi) is 5.93. The van der Waals surface area contributed by atoms with Crippen molar-refractivity contribution in [1.82, 2.24) is 19.9 Å². The minimum atomic E-state index is -0.109. The maximum absolute atomic E-state index is 13.4. The van der Waals surface area contributed by atoms with Gasteiger partial charge in [-0.25, -0.2) is 9.97 Å². The molecule has 1 N–H and O–H groups in total. The summed E-state index contributed by atoms with van der Waals surface area (Å²) in [5.74, 6) is 0.449. The van der Waals surface area contributed by atoms with Crippen LogP contribution in [-0.2, 0) is 0 Å². The number of fused-ring (bicyclic) bond motifs is 1. The summed E-state index contributed by atoms with van der Waals surface area (Å²) in [5, 5.41) is 2.94. The molecule has 0 saturated heterocycles. The van der Waals surface area contributed by atoms with Crippen molar-refractivity contribution in [3.05, 3.63) is 58.5 Å². The fourth-order valence-electron chi connectivity index (χ4n) is 4.09. The van der Waals surface area contributed by atoms with Crippen molar-refractivity contribution >= 4 is 17.1 Å². The van der Waals surface area contributed by atoms with Crippen LogP contribution in [0, 0.1) is 5.92 Å². The second-order valence-corrected chi connectivity index (χ2v) is 8.44. The molecule has 30 heavy (non-hydrogen) atoms. The molecule has 6 nitrogen and oxygen atoms in total. The molecule has 1 fully saturated rings. The number of amides is 1. The van der Waals surface area contributed by atoms with Crippen LogP contribution in [0.3, 0.4) is 0 Å². The van der Waals surface area contributed by atoms with Crippen molar-refractivity contribution in [2.75, 3.05) is 6.54 Å². The molecule has 1 saturated carbocycles. The summed E-state index contributed by atoms with van der Waals surface area (Å²) in [6.45, 7) is 4.92. The molecule has 3 aromatic rings. The lowest BCUT2D eigenvalue weighted by atomic mass is 10.1. The molecule has 0 aliphatic heterocycles. The number of aromatic nitrogens is 3. The molecule has 0 atom stereocenters. The highest BCUT2D eigenvalue weighted by Crippen LogP contribution is 2.30. The molecule has 0 radical (unpaired) electrons. The van der Waals surface area contributed by atoms with Crippen molar-refractivity contribution in [2.45, 2.75) is 52.0 Å². The molecule has 2 aromatic heterocycles. The first-order chi connectivity index (χ1) is 14.5. The smallest absolute Gasteiger partial charge is 0.278 e. The van der Waals surface area contributed by atoms with Gasteiger partial charge in [0.2, 0.25) is 0 Å². The Morgan fingerprint density at radius 2 is 1.90 bits per heavy atom. The van der Waals surface area contributed by atoms with E-state index in [1.165, 1.54) is 0 Å². The van der Waals surface area contributed by atoms with Gasteiger partial charge >= 0.3 is 0 Å². The van der Waals surface area contributed by atoms with Gasteiger partial charge in [0.25, 0.3) is 11.5 Å². The third-order valence-electron chi connectivity index (χ3n) is 5.77. The van der Waals surface area contributed by atoms with Crippen molar-refractivity contribution < 1.29 is 4.79 Å². The van der Waals surface area contributed by atoms with Gasteiger partial charge in [0.15, 0.2) is 5.65 Å². The van der Waals surface area contributed by atoms with E-state index in [0.29, 0.717) is 29.4 Å². The molecule has 0 bridgehead atoms. The first-order valence-electron chi connectivity index (χ1n) is 10.8. The van der Waals surface area contributed by atoms with Gasteiger partial charge in [0.05, 0.1) is 0 Å². The molecular weight excluding hydrogens is 376 g/mol. The predicted octanol–water partition coefficient (Wildman–Crippen LogP) is 4.35. The Bertz CT molecular complexity index is 1100. The van der Waals surface area contributed by atoms with E-state index in [9.17, 15) is 9.59 Å². The molecule has 1 aliphatic rings. The average Bonchev–Trinajstić information content (AvgIpc) is 3.27. The maximum atomic E-state index is 13.4. The van der Waals surface area contributed by atoms with Crippen LogP contribution < -0.4 is 10.9 Å². The third kappa shape index (κ3) is 4.13. The van der Waals surface area contributed by atoms with E-state index in [4.69, 9.17) is 0 Å². The first kappa shape index (κ1) is 20.3. The lowest BCUT2D eigenvalue weighted by molar-refractivity contribution is 0.0952. The summed E-state index contributed by atoms with van der Waals surface area (Å²) >= 11 is 0. The van der Waals surface area contributed by atoms with Crippen LogP contribution in [0.5, 0.6) is 0 Å². The van der Waals surface area contributed by atoms with Gasteiger partial charge in [-0.15, -0.1) is 0 Å². The molecule has 2 heterocycles. The zero-order valence-electron chi connectivity index (χ0n) is 17.6. The second-order valence-electron chi connectivity index (χ2n) is 8.44. The molecule has 1 aromatic carbocycles. The normalized spacial score (nSPS) is 14.5. The molecule has 6 heteroatoms. The lowest BCUT2D eigenvalue weighted by Crippen LogP contribution is -2.27. The van der Waals surface area contributed by atoms with Crippen molar-refractivity contribution in [3.8, 4) is 11.3 Å². The Morgan fingerprint density at radius 1 is 1.17 bits per heavy atom. The Balaban J connectivity index is 1.67. The number of carbonyl (C=O) groups excluding carboxylic acids is 1. The van der Waals surface area contributed by atoms with Crippen LogP contribution in [0.2, 0.25) is 0 Å². The van der Waals surface area contributed by atoms with Crippen LogP contribution in [0.1, 0.15) is 62.4 Å². The number of benzene rings is 1. The average molecular weight is 405 g/mol. The number of hydrogen-bond donors (Lipinski definition) is 1. The van der Waals surface area contributed by atoms with E-state index in [1.807, 2.05) is 28.8 Å². The Labute approximate surface area is 176 Å². The van der Waals surface area contributed by atoms with Crippen LogP contribution in [0.15, 0.2) is 47.4 Å². The molecular formula is C24H28N4O2. The Hall–Kier alpha value is -3.02. The SMILES string of the molecule is CC(C)CCNC(=O)c1ccc(-c2nc3cccnc3n(C3CCCC3)c2=O)cc1. The summed E-state index contributed by atoms with van der Waals surface area (Å²) in [7, 11) is 0. The van der Waals surface area contributed by atoms with E-state index < -0.39 is 0 Å². The number of hydrogen-bond acceptors (Lipinski definition) is 4. The number of pyridine rings is 1.